The Balaban J connectivity index is 0.909. The van der Waals surface area contributed by atoms with Crippen molar-refractivity contribution in [2.24, 2.45) is 23.5 Å². The van der Waals surface area contributed by atoms with Crippen LogP contribution in [0.1, 0.15) is 167 Å². The third-order valence-corrected chi connectivity index (χ3v) is 16.4. The molecule has 3 aromatic rings. The van der Waals surface area contributed by atoms with Crippen molar-refractivity contribution >= 4 is 46.7 Å². The number of carbonyl (C=O) groups is 6. The van der Waals surface area contributed by atoms with Crippen molar-refractivity contribution in [3.63, 3.8) is 0 Å². The smallest absolute Gasteiger partial charge is 0.246 e. The summed E-state index contributed by atoms with van der Waals surface area (Å²) in [7, 11) is 0. The number of halogens is 1. The van der Waals surface area contributed by atoms with Crippen molar-refractivity contribution in [3.8, 4) is 0 Å². The number of aromatic nitrogens is 1. The van der Waals surface area contributed by atoms with E-state index in [-0.39, 0.29) is 83.4 Å². The molecule has 69 heavy (non-hydrogen) atoms. The molecule has 372 valence electrons. The van der Waals surface area contributed by atoms with Gasteiger partial charge in [0.05, 0.1) is 18.1 Å². The lowest BCUT2D eigenvalue weighted by molar-refractivity contribution is -0.143. The maximum Gasteiger partial charge on any atom is 0.246 e. The Hall–Kier alpha value is -5.06. The zero-order valence-corrected chi connectivity index (χ0v) is 41.3. The monoisotopic (exact) mass is 967 g/mol. The highest BCUT2D eigenvalue weighted by atomic mass is 32.1. The van der Waals surface area contributed by atoms with Gasteiger partial charge in [-0.1, -0.05) is 70.6 Å². The first-order chi connectivity index (χ1) is 33.3. The summed E-state index contributed by atoms with van der Waals surface area (Å²) in [5.41, 5.74) is 10.2. The summed E-state index contributed by atoms with van der Waals surface area (Å²) in [4.78, 5) is 91.6. The summed E-state index contributed by atoms with van der Waals surface area (Å²) in [6.07, 6.45) is 13.8. The van der Waals surface area contributed by atoms with E-state index in [9.17, 15) is 33.2 Å². The molecule has 1 unspecified atom stereocenters. The standard InChI is InChI=1S/C53H71FN8O6S/c1-31(2)48(64)59-46(34-15-8-5-9-16-34)53(68)62-29-38(55)27-44(62)50(66)57-41-20-11-18-39-36(17-10-19-40(39)41)28-56-32(3)49(65)60-45(33-13-6-4-7-14-33)52(67)61-26-12-21-43(61)51-58-42(30-69-51)47(63)35-22-24-37(54)25-23-35/h10,17,19,22-25,30-34,38,41,43-46,56H,4-9,11-16,18,20-21,26-29,55H2,1-3H3,(H,57,66)(H,59,64)(H,60,65)/t32-,38-,41+,43?,44-,45-,46-/m0/s1. The second-order valence-corrected chi connectivity index (χ2v) is 21.5. The molecule has 4 fully saturated rings. The van der Waals surface area contributed by atoms with Gasteiger partial charge in [-0.15, -0.1) is 11.3 Å². The highest BCUT2D eigenvalue weighted by molar-refractivity contribution is 7.10. The summed E-state index contributed by atoms with van der Waals surface area (Å²) in [5.74, 6) is -1.99. The van der Waals surface area contributed by atoms with E-state index in [1.54, 1.807) is 10.3 Å². The Kier molecular flexibility index (Phi) is 16.6. The molecular weight excluding hydrogens is 896 g/mol. The van der Waals surface area contributed by atoms with E-state index in [1.165, 1.54) is 35.6 Å². The van der Waals surface area contributed by atoms with Gasteiger partial charge in [-0.05, 0) is 124 Å². The van der Waals surface area contributed by atoms with Gasteiger partial charge in [0.15, 0.2) is 0 Å². The first kappa shape index (κ1) is 50.3. The fourth-order valence-electron chi connectivity index (χ4n) is 11.5. The quantitative estimate of drug-likeness (QED) is 0.0988. The highest BCUT2D eigenvalue weighted by Gasteiger charge is 2.45. The van der Waals surface area contributed by atoms with Crippen molar-refractivity contribution in [2.75, 3.05) is 13.1 Å². The fraction of sp³-hybridized carbons (Fsp3) is 0.604. The Labute approximate surface area is 409 Å². The zero-order chi connectivity index (χ0) is 48.8. The summed E-state index contributed by atoms with van der Waals surface area (Å²) < 4.78 is 13.5. The van der Waals surface area contributed by atoms with Crippen LogP contribution in [0.2, 0.25) is 0 Å². The molecule has 8 rings (SSSR count). The topological polar surface area (TPSA) is 196 Å². The van der Waals surface area contributed by atoms with E-state index in [4.69, 9.17) is 5.73 Å². The third-order valence-electron chi connectivity index (χ3n) is 15.4. The predicted octanol–water partition coefficient (Wildman–Crippen LogP) is 6.56. The lowest BCUT2D eigenvalue weighted by Crippen LogP contribution is -2.57. The van der Waals surface area contributed by atoms with Crippen LogP contribution in [-0.2, 0) is 36.9 Å². The lowest BCUT2D eigenvalue weighted by Gasteiger charge is -2.35. The van der Waals surface area contributed by atoms with Crippen LogP contribution < -0.4 is 27.0 Å². The molecule has 14 nitrogen and oxygen atoms in total. The molecule has 16 heteroatoms. The normalized spacial score (nSPS) is 23.5. The van der Waals surface area contributed by atoms with Gasteiger partial charge in [0.1, 0.15) is 34.6 Å². The van der Waals surface area contributed by atoms with Crippen LogP contribution in [-0.4, -0.2) is 93.4 Å². The molecule has 2 saturated heterocycles. The predicted molar refractivity (Wildman–Crippen MR) is 262 cm³/mol. The number of rotatable bonds is 16. The average molecular weight is 967 g/mol. The van der Waals surface area contributed by atoms with E-state index in [0.717, 1.165) is 107 Å². The van der Waals surface area contributed by atoms with Crippen molar-refractivity contribution in [1.82, 2.24) is 36.1 Å². The lowest BCUT2D eigenvalue weighted by atomic mass is 9.83. The van der Waals surface area contributed by atoms with Crippen molar-refractivity contribution in [3.05, 3.63) is 86.6 Å². The van der Waals surface area contributed by atoms with E-state index in [0.29, 0.717) is 36.5 Å². The number of nitrogens with zero attached hydrogens (tertiary/aromatic N) is 3. The number of hydrogen-bond acceptors (Lipinski definition) is 10. The number of nitrogens with one attached hydrogen (secondary N) is 4. The van der Waals surface area contributed by atoms with Crippen LogP contribution >= 0.6 is 11.3 Å². The number of amides is 5. The Morgan fingerprint density at radius 1 is 0.783 bits per heavy atom. The molecule has 0 bridgehead atoms. The fourth-order valence-corrected chi connectivity index (χ4v) is 12.4. The number of nitrogens with two attached hydrogens (primary N) is 1. The van der Waals surface area contributed by atoms with Crippen LogP contribution in [0.3, 0.4) is 0 Å². The Morgan fingerprint density at radius 3 is 2.10 bits per heavy atom. The summed E-state index contributed by atoms with van der Waals surface area (Å²) in [5, 5.41) is 15.4. The minimum Gasteiger partial charge on any atom is -0.347 e. The van der Waals surface area contributed by atoms with E-state index < -0.39 is 30.0 Å². The van der Waals surface area contributed by atoms with Crippen molar-refractivity contribution in [1.29, 1.82) is 0 Å². The van der Waals surface area contributed by atoms with E-state index in [2.05, 4.69) is 26.3 Å². The summed E-state index contributed by atoms with van der Waals surface area (Å²) in [6, 6.07) is 7.78. The van der Waals surface area contributed by atoms with E-state index in [1.807, 2.05) is 43.9 Å². The number of thiazole rings is 1. The number of benzene rings is 2. The van der Waals surface area contributed by atoms with Gasteiger partial charge in [-0.25, -0.2) is 9.37 Å². The molecule has 3 heterocycles. The molecule has 7 atom stereocenters. The molecule has 6 N–H and O–H groups in total. The van der Waals surface area contributed by atoms with Gasteiger partial charge < -0.3 is 36.8 Å². The van der Waals surface area contributed by atoms with Crippen LogP contribution in [0.25, 0.3) is 0 Å². The van der Waals surface area contributed by atoms with Gasteiger partial charge in [0.25, 0.3) is 0 Å². The molecule has 0 radical (unpaired) electrons. The highest BCUT2D eigenvalue weighted by Crippen LogP contribution is 2.38. The van der Waals surface area contributed by atoms with Gasteiger partial charge in [0.2, 0.25) is 35.3 Å². The van der Waals surface area contributed by atoms with Gasteiger partial charge in [0, 0.05) is 42.5 Å². The number of hydrogen-bond donors (Lipinski definition) is 5. The molecule has 5 aliphatic rings. The van der Waals surface area contributed by atoms with Crippen molar-refractivity contribution in [2.45, 2.75) is 172 Å². The average Bonchev–Trinajstić information content (AvgIpc) is 4.15. The van der Waals surface area contributed by atoms with Gasteiger partial charge >= 0.3 is 0 Å². The summed E-state index contributed by atoms with van der Waals surface area (Å²) >= 11 is 1.34. The minimum atomic E-state index is -0.741. The van der Waals surface area contributed by atoms with E-state index >= 15 is 0 Å². The molecule has 3 aliphatic carbocycles. The maximum atomic E-state index is 14.6. The molecule has 1 aromatic heterocycles. The second kappa shape index (κ2) is 22.8. The molecular formula is C53H71FN8O6S. The first-order valence-corrected chi connectivity index (χ1v) is 26.5. The SMILES string of the molecule is CC(C)C(=O)N[C@H](C(=O)N1C[C@@H](N)C[C@H]1C(=O)N[C@@H]1CCCc2c(CN[C@@H](C)C(=O)N[C@H](C(=O)N3CCCC3c3nc(C(=O)c4ccc(F)cc4)cs3)C3CCCCC3)cccc21)C1CCCCC1. The Morgan fingerprint density at radius 2 is 1.43 bits per heavy atom. The zero-order valence-electron chi connectivity index (χ0n) is 40.5. The molecule has 0 spiro atoms. The molecule has 2 aromatic carbocycles. The first-order valence-electron chi connectivity index (χ1n) is 25.6. The third kappa shape index (κ3) is 11.8. The number of carbonyl (C=O) groups excluding carboxylic acids is 6. The summed E-state index contributed by atoms with van der Waals surface area (Å²) in [6.45, 7) is 6.64. The maximum absolute atomic E-state index is 14.6. The minimum absolute atomic E-state index is 0.00178. The molecule has 5 amide bonds. The van der Waals surface area contributed by atoms with Crippen molar-refractivity contribution < 1.29 is 33.2 Å². The van der Waals surface area contributed by atoms with Crippen LogP contribution in [0.5, 0.6) is 0 Å². The second-order valence-electron chi connectivity index (χ2n) is 20.6. The number of likely N-dealkylation sites (tertiary alicyclic amines) is 2. The number of ketones is 1. The largest absolute Gasteiger partial charge is 0.347 e. The van der Waals surface area contributed by atoms with Gasteiger partial charge in [-0.3, -0.25) is 28.8 Å². The molecule has 2 aliphatic heterocycles. The van der Waals surface area contributed by atoms with Gasteiger partial charge in [-0.2, -0.15) is 0 Å². The van der Waals surface area contributed by atoms with Crippen LogP contribution in [0, 0.1) is 23.6 Å². The Bertz CT molecular complexity index is 2330. The number of fused-ring (bicyclic) bond motifs is 1. The van der Waals surface area contributed by atoms with Crippen LogP contribution in [0.15, 0.2) is 47.8 Å². The van der Waals surface area contributed by atoms with Crippen LogP contribution in [0.4, 0.5) is 4.39 Å². The molecule has 2 saturated carbocycles.